The Morgan fingerprint density at radius 3 is 2.44 bits per heavy atom. The molecule has 7 nitrogen and oxygen atoms in total. The molecular formula is C17H18N2O5S. The number of hydrogen-bond acceptors (Lipinski definition) is 5. The Kier molecular flexibility index (Phi) is 4.08. The van der Waals surface area contributed by atoms with E-state index in [-0.39, 0.29) is 11.3 Å². The van der Waals surface area contributed by atoms with Gasteiger partial charge in [0, 0.05) is 25.6 Å². The molecule has 8 heteroatoms. The van der Waals surface area contributed by atoms with Crippen molar-refractivity contribution in [3.8, 4) is 11.5 Å². The van der Waals surface area contributed by atoms with Gasteiger partial charge in [-0.2, -0.15) is 0 Å². The van der Waals surface area contributed by atoms with Gasteiger partial charge in [0.05, 0.1) is 17.5 Å². The summed E-state index contributed by atoms with van der Waals surface area (Å²) in [5, 5.41) is 2.73. The molecule has 2 N–H and O–H groups in total. The average molecular weight is 362 g/mol. The first-order valence-electron chi connectivity index (χ1n) is 7.53. The zero-order valence-electron chi connectivity index (χ0n) is 14.0. The summed E-state index contributed by atoms with van der Waals surface area (Å²) >= 11 is 0. The second-order valence-electron chi connectivity index (χ2n) is 6.14. The minimum atomic E-state index is -3.49. The number of carbonyl (C=O) groups excluding carboxylic acids is 1. The van der Waals surface area contributed by atoms with Crippen LogP contribution in [0, 0.1) is 0 Å². The first-order valence-corrected chi connectivity index (χ1v) is 9.42. The van der Waals surface area contributed by atoms with Crippen molar-refractivity contribution in [2.45, 2.75) is 19.6 Å². The molecule has 0 aliphatic carbocycles. The van der Waals surface area contributed by atoms with Gasteiger partial charge in [0.15, 0.2) is 11.5 Å². The summed E-state index contributed by atoms with van der Waals surface area (Å²) in [5.74, 6) is -0.0610. The minimum absolute atomic E-state index is 0.212. The molecule has 0 saturated carbocycles. The van der Waals surface area contributed by atoms with Crippen LogP contribution in [0.3, 0.4) is 0 Å². The van der Waals surface area contributed by atoms with Crippen molar-refractivity contribution in [1.82, 2.24) is 0 Å². The number of hydrogen-bond donors (Lipinski definition) is 2. The molecule has 1 aliphatic rings. The van der Waals surface area contributed by atoms with Crippen LogP contribution in [0.25, 0.3) is 0 Å². The fourth-order valence-corrected chi connectivity index (χ4v) is 3.05. The number of rotatable bonds is 4. The largest absolute Gasteiger partial charge is 0.449 e. The average Bonchev–Trinajstić information content (AvgIpc) is 2.79. The van der Waals surface area contributed by atoms with Crippen molar-refractivity contribution in [2.24, 2.45) is 0 Å². The number of nitrogens with one attached hydrogen (secondary N) is 2. The van der Waals surface area contributed by atoms with Gasteiger partial charge in [-0.25, -0.2) is 8.42 Å². The summed E-state index contributed by atoms with van der Waals surface area (Å²) in [6, 6.07) is 11.4. The molecule has 0 bridgehead atoms. The standard InChI is InChI=1S/C17H18N2O5S/c1-17(2)23-14-9-8-11(10-15(14)24-17)18-16(20)12-6-4-5-7-13(12)19-25(3,21)22/h4-10,19H,1-3H3,(H,18,20). The van der Waals surface area contributed by atoms with Crippen molar-refractivity contribution in [3.63, 3.8) is 0 Å². The van der Waals surface area contributed by atoms with Crippen molar-refractivity contribution in [1.29, 1.82) is 0 Å². The van der Waals surface area contributed by atoms with E-state index in [9.17, 15) is 13.2 Å². The van der Waals surface area contributed by atoms with Crippen LogP contribution < -0.4 is 19.5 Å². The molecule has 0 fully saturated rings. The predicted octanol–water partition coefficient (Wildman–Crippen LogP) is 2.82. The number of carbonyl (C=O) groups is 1. The maximum absolute atomic E-state index is 12.5. The molecule has 1 heterocycles. The van der Waals surface area contributed by atoms with Gasteiger partial charge in [0.25, 0.3) is 5.91 Å². The second-order valence-corrected chi connectivity index (χ2v) is 7.89. The van der Waals surface area contributed by atoms with E-state index < -0.39 is 21.7 Å². The Labute approximate surface area is 146 Å². The number of fused-ring (bicyclic) bond motifs is 1. The van der Waals surface area contributed by atoms with Gasteiger partial charge in [-0.3, -0.25) is 9.52 Å². The molecule has 25 heavy (non-hydrogen) atoms. The lowest BCUT2D eigenvalue weighted by atomic mass is 10.1. The van der Waals surface area contributed by atoms with Gasteiger partial charge in [-0.15, -0.1) is 0 Å². The lowest BCUT2D eigenvalue weighted by molar-refractivity contribution is -0.0431. The SMILES string of the molecule is CC1(C)Oc2ccc(NC(=O)c3ccccc3NS(C)(=O)=O)cc2O1. The zero-order valence-corrected chi connectivity index (χ0v) is 14.8. The van der Waals surface area contributed by atoms with Gasteiger partial charge in [-0.1, -0.05) is 12.1 Å². The Morgan fingerprint density at radius 2 is 1.72 bits per heavy atom. The topological polar surface area (TPSA) is 93.7 Å². The fraction of sp³-hybridized carbons (Fsp3) is 0.235. The van der Waals surface area contributed by atoms with Crippen LogP contribution in [0.1, 0.15) is 24.2 Å². The monoisotopic (exact) mass is 362 g/mol. The summed E-state index contributed by atoms with van der Waals surface area (Å²) in [4.78, 5) is 12.5. The van der Waals surface area contributed by atoms with Gasteiger partial charge in [0.1, 0.15) is 0 Å². The lowest BCUT2D eigenvalue weighted by Gasteiger charge is -2.16. The van der Waals surface area contributed by atoms with Crippen LogP contribution in [-0.2, 0) is 10.0 Å². The summed E-state index contributed by atoms with van der Waals surface area (Å²) in [6.07, 6.45) is 1.03. The third-order valence-corrected chi connectivity index (χ3v) is 3.97. The van der Waals surface area contributed by atoms with Crippen molar-refractivity contribution >= 4 is 27.3 Å². The third-order valence-electron chi connectivity index (χ3n) is 3.38. The highest BCUT2D eigenvalue weighted by Crippen LogP contribution is 2.40. The molecule has 1 aliphatic heterocycles. The molecule has 0 atom stereocenters. The highest BCUT2D eigenvalue weighted by Gasteiger charge is 2.31. The minimum Gasteiger partial charge on any atom is -0.449 e. The molecular weight excluding hydrogens is 344 g/mol. The Hall–Kier alpha value is -2.74. The smallest absolute Gasteiger partial charge is 0.257 e. The molecule has 0 unspecified atom stereocenters. The molecule has 0 spiro atoms. The number of ether oxygens (including phenoxy) is 2. The van der Waals surface area contributed by atoms with E-state index in [1.807, 2.05) is 0 Å². The molecule has 1 amide bonds. The van der Waals surface area contributed by atoms with Gasteiger partial charge >= 0.3 is 0 Å². The maximum atomic E-state index is 12.5. The number of para-hydroxylation sites is 1. The van der Waals surface area contributed by atoms with E-state index >= 15 is 0 Å². The van der Waals surface area contributed by atoms with Crippen LogP contribution >= 0.6 is 0 Å². The van der Waals surface area contributed by atoms with E-state index in [1.54, 1.807) is 50.2 Å². The number of anilines is 2. The predicted molar refractivity (Wildman–Crippen MR) is 94.6 cm³/mol. The Balaban J connectivity index is 1.83. The van der Waals surface area contributed by atoms with E-state index in [4.69, 9.17) is 9.47 Å². The summed E-state index contributed by atoms with van der Waals surface area (Å²) in [7, 11) is -3.49. The highest BCUT2D eigenvalue weighted by molar-refractivity contribution is 7.92. The number of sulfonamides is 1. The highest BCUT2D eigenvalue weighted by atomic mass is 32.2. The molecule has 2 aromatic rings. The van der Waals surface area contributed by atoms with Crippen molar-refractivity contribution in [2.75, 3.05) is 16.3 Å². The van der Waals surface area contributed by atoms with Crippen molar-refractivity contribution < 1.29 is 22.7 Å². The molecule has 0 radical (unpaired) electrons. The van der Waals surface area contributed by atoms with E-state index in [0.717, 1.165) is 6.26 Å². The normalized spacial score (nSPS) is 14.8. The van der Waals surface area contributed by atoms with Gasteiger partial charge in [0.2, 0.25) is 15.8 Å². The Bertz CT molecular complexity index is 938. The van der Waals surface area contributed by atoms with Crippen molar-refractivity contribution in [3.05, 3.63) is 48.0 Å². The number of benzene rings is 2. The van der Waals surface area contributed by atoms with E-state index in [1.165, 1.54) is 6.07 Å². The molecule has 132 valence electrons. The van der Waals surface area contributed by atoms with Crippen LogP contribution in [0.5, 0.6) is 11.5 Å². The molecule has 0 aromatic heterocycles. The Morgan fingerprint density at radius 1 is 1.04 bits per heavy atom. The van der Waals surface area contributed by atoms with Crippen LogP contribution in [0.2, 0.25) is 0 Å². The van der Waals surface area contributed by atoms with E-state index in [2.05, 4.69) is 10.0 Å². The first-order chi connectivity index (χ1) is 11.6. The van der Waals surface area contributed by atoms with Crippen LogP contribution in [0.15, 0.2) is 42.5 Å². The maximum Gasteiger partial charge on any atom is 0.257 e. The molecule has 0 saturated heterocycles. The van der Waals surface area contributed by atoms with Crippen LogP contribution in [-0.4, -0.2) is 26.4 Å². The van der Waals surface area contributed by atoms with Gasteiger partial charge in [-0.05, 0) is 24.3 Å². The quantitative estimate of drug-likeness (QED) is 0.872. The summed E-state index contributed by atoms with van der Waals surface area (Å²) < 4.78 is 36.5. The lowest BCUT2D eigenvalue weighted by Crippen LogP contribution is -2.29. The summed E-state index contributed by atoms with van der Waals surface area (Å²) in [6.45, 7) is 3.58. The van der Waals surface area contributed by atoms with Crippen LogP contribution in [0.4, 0.5) is 11.4 Å². The van der Waals surface area contributed by atoms with E-state index in [0.29, 0.717) is 17.2 Å². The number of amides is 1. The fourth-order valence-electron chi connectivity index (χ4n) is 2.47. The molecule has 3 rings (SSSR count). The second kappa shape index (κ2) is 5.96. The molecule has 2 aromatic carbocycles. The third kappa shape index (κ3) is 4.03. The summed E-state index contributed by atoms with van der Waals surface area (Å²) in [5.41, 5.74) is 0.939. The first kappa shape index (κ1) is 17.1. The zero-order chi connectivity index (χ0) is 18.2. The van der Waals surface area contributed by atoms with Gasteiger partial charge < -0.3 is 14.8 Å².